The normalized spacial score (nSPS) is 25.2. The van der Waals surface area contributed by atoms with Crippen LogP contribution in [0.3, 0.4) is 0 Å². The zero-order valence-electron chi connectivity index (χ0n) is 28.7. The van der Waals surface area contributed by atoms with E-state index in [-0.39, 0.29) is 52.7 Å². The number of imide groups is 1. The van der Waals surface area contributed by atoms with Crippen molar-refractivity contribution < 1.29 is 46.6 Å². The van der Waals surface area contributed by atoms with Gasteiger partial charge in [-0.15, -0.1) is 11.8 Å². The molecular formula is C38H32F3N3O8S2. The highest BCUT2D eigenvalue weighted by atomic mass is 32.2. The third kappa shape index (κ3) is 6.04. The van der Waals surface area contributed by atoms with Gasteiger partial charge >= 0.3 is 17.0 Å². The molecule has 0 unspecified atom stereocenters. The van der Waals surface area contributed by atoms with Crippen LogP contribution in [0, 0.1) is 29.6 Å². The summed E-state index contributed by atoms with van der Waals surface area (Å²) in [6.07, 6.45) is -4.04. The van der Waals surface area contributed by atoms with Crippen molar-refractivity contribution in [2.75, 3.05) is 30.5 Å². The molecule has 4 aromatic rings. The van der Waals surface area contributed by atoms with Crippen molar-refractivity contribution in [3.8, 4) is 11.5 Å². The molecular weight excluding hydrogens is 748 g/mol. The molecule has 1 saturated heterocycles. The smallest absolute Gasteiger partial charge is 0.416 e. The molecule has 11 nitrogen and oxygen atoms in total. The van der Waals surface area contributed by atoms with E-state index in [1.807, 2.05) is 6.07 Å². The summed E-state index contributed by atoms with van der Waals surface area (Å²) in [7, 11) is 1.46. The first-order valence-corrected chi connectivity index (χ1v) is 18.9. The average molecular weight is 780 g/mol. The van der Waals surface area contributed by atoms with Crippen LogP contribution in [0.1, 0.15) is 45.6 Å². The number of thiazole rings is 1. The third-order valence-corrected chi connectivity index (χ3v) is 13.3. The molecule has 2 saturated carbocycles. The fourth-order valence-corrected chi connectivity index (χ4v) is 11.6. The van der Waals surface area contributed by atoms with E-state index >= 15 is 0 Å². The summed E-state index contributed by atoms with van der Waals surface area (Å²) < 4.78 is 57.2. The predicted octanol–water partition coefficient (Wildman–Crippen LogP) is 6.34. The maximum Gasteiger partial charge on any atom is 0.416 e. The fraction of sp³-hybridized carbons (Fsp3) is 0.342. The summed E-state index contributed by atoms with van der Waals surface area (Å²) >= 11 is 2.58. The van der Waals surface area contributed by atoms with Gasteiger partial charge in [-0.3, -0.25) is 24.1 Å². The van der Waals surface area contributed by atoms with Crippen LogP contribution in [0.15, 0.2) is 76.6 Å². The van der Waals surface area contributed by atoms with Crippen molar-refractivity contribution in [2.24, 2.45) is 29.6 Å². The molecule has 1 aromatic heterocycles. The number of hydrogen-bond acceptors (Lipinski definition) is 10. The first kappa shape index (κ1) is 35.9. The summed E-state index contributed by atoms with van der Waals surface area (Å²) in [5, 5.41) is 3.27. The highest BCUT2D eigenvalue weighted by molar-refractivity contribution is 8.00. The van der Waals surface area contributed by atoms with E-state index in [0.29, 0.717) is 34.2 Å². The van der Waals surface area contributed by atoms with E-state index in [0.717, 1.165) is 38.8 Å². The molecule has 3 amide bonds. The Morgan fingerprint density at radius 1 is 0.963 bits per heavy atom. The van der Waals surface area contributed by atoms with E-state index < -0.39 is 47.3 Å². The summed E-state index contributed by atoms with van der Waals surface area (Å²) in [6, 6.07) is 15.8. The number of esters is 1. The highest BCUT2D eigenvalue weighted by Crippen LogP contribution is 2.69. The minimum atomic E-state index is -4.64. The van der Waals surface area contributed by atoms with Gasteiger partial charge in [0, 0.05) is 21.7 Å². The average Bonchev–Trinajstić information content (AvgIpc) is 3.89. The lowest BCUT2D eigenvalue weighted by Crippen LogP contribution is -2.42. The number of H-pyrrole nitrogens is 1. The number of rotatable bonds is 9. The second kappa shape index (κ2) is 13.6. The summed E-state index contributed by atoms with van der Waals surface area (Å²) in [5.41, 5.74) is 0.558. The van der Waals surface area contributed by atoms with E-state index in [2.05, 4.69) is 10.3 Å². The number of methoxy groups -OCH3 is 1. The standard InChI is InChI=1S/C38H32F3N3O8S2/c1-3-51-36(48)17-7-10-20(11-8-17)42-26(45)16-52-24-12-9-18(13-25(24)50-2)27-28-22-15-23(31(28)53-33-32(27)54-37(49)43-33)30-29(22)34(46)44(35(30)47)21-6-4-5-19(14-21)38(39,40)41/h4-14,22-23,27-31H,3,15-16H2,1-2H3,(H,42,45)(H,43,49)/t22-,23-,27+,28-,29+,30+,31-/m1/s1. The number of nitrogens with one attached hydrogen (secondary N) is 2. The Balaban J connectivity index is 1.04. The Hall–Kier alpha value is -5.09. The number of anilines is 2. The van der Waals surface area contributed by atoms with Gasteiger partial charge in [0.25, 0.3) is 5.91 Å². The van der Waals surface area contributed by atoms with Crippen LogP contribution in [-0.2, 0) is 25.3 Å². The van der Waals surface area contributed by atoms with Crippen molar-refractivity contribution in [2.45, 2.75) is 35.7 Å². The number of alkyl halides is 3. The van der Waals surface area contributed by atoms with Crippen LogP contribution in [0.5, 0.6) is 11.5 Å². The van der Waals surface area contributed by atoms with Gasteiger partial charge in [0.2, 0.25) is 11.8 Å². The maximum atomic E-state index is 14.0. The number of thioether (sulfide) groups is 1. The van der Waals surface area contributed by atoms with Crippen molar-refractivity contribution in [1.29, 1.82) is 0 Å². The van der Waals surface area contributed by atoms with Crippen LogP contribution < -0.4 is 24.6 Å². The molecule has 3 aromatic carbocycles. The van der Waals surface area contributed by atoms with Crippen molar-refractivity contribution in [3.05, 3.63) is 98.0 Å². The topological polar surface area (TPSA) is 144 Å². The largest absolute Gasteiger partial charge is 0.493 e. The van der Waals surface area contributed by atoms with Gasteiger partial charge in [-0.05, 0) is 91.3 Å². The molecule has 4 aliphatic rings. The minimum Gasteiger partial charge on any atom is -0.493 e. The molecule has 280 valence electrons. The zero-order valence-corrected chi connectivity index (χ0v) is 30.3. The van der Waals surface area contributed by atoms with Gasteiger partial charge in [0.15, 0.2) is 18.1 Å². The summed E-state index contributed by atoms with van der Waals surface area (Å²) in [6.45, 7) is 1.60. The van der Waals surface area contributed by atoms with Gasteiger partial charge in [-0.2, -0.15) is 13.2 Å². The molecule has 3 heterocycles. The van der Waals surface area contributed by atoms with Gasteiger partial charge < -0.3 is 24.5 Å². The number of aromatic nitrogens is 1. The molecule has 2 N–H and O–H groups in total. The van der Waals surface area contributed by atoms with Crippen LogP contribution in [0.25, 0.3) is 0 Å². The molecule has 2 bridgehead atoms. The van der Waals surface area contributed by atoms with Gasteiger partial charge in [-0.25, -0.2) is 4.79 Å². The van der Waals surface area contributed by atoms with Crippen LogP contribution >= 0.6 is 23.1 Å². The molecule has 2 aliphatic carbocycles. The van der Waals surface area contributed by atoms with Crippen LogP contribution in [0.2, 0.25) is 0 Å². The third-order valence-electron chi connectivity index (χ3n) is 10.7. The molecule has 54 heavy (non-hydrogen) atoms. The van der Waals surface area contributed by atoms with Gasteiger partial charge in [0.05, 0.1) is 47.4 Å². The number of carbonyl (C=O) groups excluding carboxylic acids is 4. The van der Waals surface area contributed by atoms with E-state index in [1.54, 1.807) is 43.3 Å². The monoisotopic (exact) mass is 779 g/mol. The minimum absolute atomic E-state index is 0.0925. The number of benzene rings is 3. The van der Waals surface area contributed by atoms with Crippen molar-refractivity contribution >= 4 is 58.2 Å². The summed E-state index contributed by atoms with van der Waals surface area (Å²) in [4.78, 5) is 69.8. The number of amides is 3. The molecule has 7 atom stereocenters. The predicted molar refractivity (Wildman–Crippen MR) is 192 cm³/mol. The fourth-order valence-electron chi connectivity index (χ4n) is 8.71. The summed E-state index contributed by atoms with van der Waals surface area (Å²) in [5.74, 6) is -3.69. The number of aromatic amines is 1. The number of fused-ring (bicyclic) bond motifs is 9. The Kier molecular flexibility index (Phi) is 9.07. The van der Waals surface area contributed by atoms with E-state index in [4.69, 9.17) is 14.2 Å². The van der Waals surface area contributed by atoms with Crippen LogP contribution in [-0.4, -0.2) is 54.2 Å². The first-order chi connectivity index (χ1) is 25.9. The van der Waals surface area contributed by atoms with Crippen molar-refractivity contribution in [3.63, 3.8) is 0 Å². The Bertz CT molecular complexity index is 2240. The Morgan fingerprint density at radius 2 is 1.70 bits per heavy atom. The number of nitrogens with zero attached hydrogens (tertiary/aromatic N) is 1. The second-order valence-corrected chi connectivity index (χ2v) is 15.8. The Labute approximate surface area is 314 Å². The molecule has 0 radical (unpaired) electrons. The lowest BCUT2D eigenvalue weighted by atomic mass is 9.68. The zero-order chi connectivity index (χ0) is 38.1. The van der Waals surface area contributed by atoms with E-state index in [9.17, 15) is 37.1 Å². The highest BCUT2D eigenvalue weighted by Gasteiger charge is 2.69. The molecule has 2 aliphatic heterocycles. The molecule has 0 spiro atoms. The van der Waals surface area contributed by atoms with Gasteiger partial charge in [-0.1, -0.05) is 23.5 Å². The Morgan fingerprint density at radius 3 is 2.41 bits per heavy atom. The maximum absolute atomic E-state index is 14.0. The van der Waals surface area contributed by atoms with Gasteiger partial charge in [0.1, 0.15) is 0 Å². The lowest BCUT2D eigenvalue weighted by Gasteiger charge is -2.43. The van der Waals surface area contributed by atoms with Crippen LogP contribution in [0.4, 0.5) is 24.5 Å². The lowest BCUT2D eigenvalue weighted by molar-refractivity contribution is -0.137. The first-order valence-electron chi connectivity index (χ1n) is 17.2. The molecule has 16 heteroatoms. The van der Waals surface area contributed by atoms with E-state index in [1.165, 1.54) is 31.0 Å². The number of hydrogen-bond donors (Lipinski definition) is 2. The second-order valence-electron chi connectivity index (χ2n) is 13.6. The SMILES string of the molecule is CCOC(=O)c1ccc(NC(=O)COc2ccc([C@@H]3c4sc(=O)[nH]c4S[C@@H]4[C@@H]5C[C@@H]([C@@H]6C(=O)N(c7cccc(C(F)(F)F)c7)C(=O)[C@@H]56)[C@H]34)cc2OC)cc1. The molecule has 3 fully saturated rings. The molecule has 8 rings (SSSR count). The quantitative estimate of drug-likeness (QED) is 0.147. The number of carbonyl (C=O) groups is 4. The number of halogens is 3. The number of ether oxygens (including phenoxy) is 3. The van der Waals surface area contributed by atoms with Crippen molar-refractivity contribution in [1.82, 2.24) is 4.98 Å².